The van der Waals surface area contributed by atoms with E-state index in [1.165, 1.54) is 31.2 Å². The zero-order valence-corrected chi connectivity index (χ0v) is 16.2. The lowest BCUT2D eigenvalue weighted by Crippen LogP contribution is -2.35. The first kappa shape index (κ1) is 17.6. The second-order valence-electron chi connectivity index (χ2n) is 7.86. The van der Waals surface area contributed by atoms with Crippen LogP contribution >= 0.6 is 0 Å². The summed E-state index contributed by atoms with van der Waals surface area (Å²) in [7, 11) is 0. The van der Waals surface area contributed by atoms with Crippen LogP contribution in [-0.4, -0.2) is 52.2 Å². The molecule has 1 saturated carbocycles. The number of hydrogen-bond donors (Lipinski definition) is 2. The molecule has 1 aliphatic heterocycles. The molecule has 6 nitrogen and oxygen atoms in total. The van der Waals surface area contributed by atoms with Crippen molar-refractivity contribution in [2.24, 2.45) is 0 Å². The Morgan fingerprint density at radius 2 is 2.00 bits per heavy atom. The van der Waals surface area contributed by atoms with E-state index in [1.54, 1.807) is 0 Å². The average Bonchev–Trinajstić information content (AvgIpc) is 3.41. The first-order valence-corrected chi connectivity index (χ1v) is 10.4. The maximum atomic E-state index is 5.43. The Morgan fingerprint density at radius 1 is 1.14 bits per heavy atom. The second kappa shape index (κ2) is 7.89. The molecule has 4 heterocycles. The number of aromatic nitrogens is 3. The van der Waals surface area contributed by atoms with E-state index < -0.39 is 0 Å². The summed E-state index contributed by atoms with van der Waals surface area (Å²) in [4.78, 5) is 15.2. The number of nitrogens with zero attached hydrogens (tertiary/aromatic N) is 3. The number of ether oxygens (including phenoxy) is 1. The number of H-pyrrole nitrogens is 1. The van der Waals surface area contributed by atoms with Gasteiger partial charge in [-0.15, -0.1) is 0 Å². The average molecular weight is 377 g/mol. The SMILES string of the molecule is c1cc2c(-c3ccc(CN4CCOCC4)cn3)cc(NC3CCCC3)nc2[nH]1. The summed E-state index contributed by atoms with van der Waals surface area (Å²) < 4.78 is 5.43. The lowest BCUT2D eigenvalue weighted by atomic mass is 10.1. The predicted molar refractivity (Wildman–Crippen MR) is 111 cm³/mol. The number of anilines is 1. The van der Waals surface area contributed by atoms with E-state index in [0.717, 1.165) is 61.0 Å². The molecule has 3 aromatic heterocycles. The Kier molecular flexibility index (Phi) is 4.97. The summed E-state index contributed by atoms with van der Waals surface area (Å²) in [5.41, 5.74) is 4.28. The summed E-state index contributed by atoms with van der Waals surface area (Å²) in [5.74, 6) is 0.941. The third kappa shape index (κ3) is 3.75. The minimum absolute atomic E-state index is 0.539. The summed E-state index contributed by atoms with van der Waals surface area (Å²) in [6, 6.07) is 9.10. The standard InChI is InChI=1S/C22H27N5O/c1-2-4-17(3-1)25-21-13-19(18-7-8-23-22(18)26-21)20-6-5-16(14-24-20)15-27-9-11-28-12-10-27/h5-8,13-14,17H,1-4,9-12,15H2,(H2,23,25,26). The Bertz CT molecular complexity index is 924. The molecule has 2 fully saturated rings. The molecule has 2 N–H and O–H groups in total. The number of fused-ring (bicyclic) bond motifs is 1. The molecular formula is C22H27N5O. The molecule has 6 heteroatoms. The van der Waals surface area contributed by atoms with Gasteiger partial charge >= 0.3 is 0 Å². The van der Waals surface area contributed by atoms with E-state index in [9.17, 15) is 0 Å². The predicted octanol–water partition coefficient (Wildman–Crippen LogP) is 3.81. The van der Waals surface area contributed by atoms with Crippen molar-refractivity contribution >= 4 is 16.9 Å². The highest BCUT2D eigenvalue weighted by Crippen LogP contribution is 2.30. The zero-order chi connectivity index (χ0) is 18.8. The Balaban J connectivity index is 1.40. The van der Waals surface area contributed by atoms with Crippen molar-refractivity contribution in [2.45, 2.75) is 38.3 Å². The fourth-order valence-electron chi connectivity index (χ4n) is 4.30. The number of aromatic amines is 1. The number of nitrogens with one attached hydrogen (secondary N) is 2. The van der Waals surface area contributed by atoms with Gasteiger partial charge in [-0.3, -0.25) is 9.88 Å². The van der Waals surface area contributed by atoms with Gasteiger partial charge in [-0.25, -0.2) is 4.98 Å². The van der Waals surface area contributed by atoms with Crippen LogP contribution in [0.2, 0.25) is 0 Å². The smallest absolute Gasteiger partial charge is 0.140 e. The molecule has 3 aromatic rings. The van der Waals surface area contributed by atoms with Crippen LogP contribution in [0.3, 0.4) is 0 Å². The topological polar surface area (TPSA) is 66.1 Å². The summed E-state index contributed by atoms with van der Waals surface area (Å²) >= 11 is 0. The molecule has 2 aliphatic rings. The molecule has 0 spiro atoms. The third-order valence-corrected chi connectivity index (χ3v) is 5.85. The molecule has 0 radical (unpaired) electrons. The van der Waals surface area contributed by atoms with E-state index in [0.29, 0.717) is 6.04 Å². The van der Waals surface area contributed by atoms with Crippen molar-refractivity contribution in [3.05, 3.63) is 42.2 Å². The Labute approximate surface area is 165 Å². The van der Waals surface area contributed by atoms with Crippen molar-refractivity contribution in [3.8, 4) is 11.3 Å². The van der Waals surface area contributed by atoms with Gasteiger partial charge in [-0.1, -0.05) is 18.9 Å². The Hall–Kier alpha value is -2.44. The molecule has 146 valence electrons. The normalized spacial score (nSPS) is 18.7. The van der Waals surface area contributed by atoms with Gasteiger partial charge in [0.05, 0.1) is 18.9 Å². The number of morpholine rings is 1. The molecule has 1 saturated heterocycles. The molecule has 0 amide bonds. The highest BCUT2D eigenvalue weighted by Gasteiger charge is 2.17. The quantitative estimate of drug-likeness (QED) is 0.708. The lowest BCUT2D eigenvalue weighted by molar-refractivity contribution is 0.0341. The fraction of sp³-hybridized carbons (Fsp3) is 0.455. The molecule has 0 aromatic carbocycles. The van der Waals surface area contributed by atoms with Crippen molar-refractivity contribution in [3.63, 3.8) is 0 Å². The lowest BCUT2D eigenvalue weighted by Gasteiger charge is -2.26. The van der Waals surface area contributed by atoms with E-state index in [1.807, 2.05) is 12.4 Å². The minimum Gasteiger partial charge on any atom is -0.379 e. The van der Waals surface area contributed by atoms with Crippen molar-refractivity contribution < 1.29 is 4.74 Å². The van der Waals surface area contributed by atoms with Crippen LogP contribution in [0.25, 0.3) is 22.3 Å². The van der Waals surface area contributed by atoms with E-state index >= 15 is 0 Å². The van der Waals surface area contributed by atoms with Crippen LogP contribution in [0.1, 0.15) is 31.2 Å². The molecule has 0 bridgehead atoms. The number of hydrogen-bond acceptors (Lipinski definition) is 5. The van der Waals surface area contributed by atoms with Gasteiger partial charge in [0.25, 0.3) is 0 Å². The number of rotatable bonds is 5. The first-order chi connectivity index (χ1) is 13.8. The zero-order valence-electron chi connectivity index (χ0n) is 16.2. The monoisotopic (exact) mass is 377 g/mol. The van der Waals surface area contributed by atoms with Crippen LogP contribution in [0.5, 0.6) is 0 Å². The van der Waals surface area contributed by atoms with Crippen LogP contribution in [0.4, 0.5) is 5.82 Å². The summed E-state index contributed by atoms with van der Waals surface area (Å²) in [6.45, 7) is 4.56. The van der Waals surface area contributed by atoms with Crippen LogP contribution in [-0.2, 0) is 11.3 Å². The van der Waals surface area contributed by atoms with Crippen LogP contribution in [0, 0.1) is 0 Å². The van der Waals surface area contributed by atoms with Crippen molar-refractivity contribution in [2.75, 3.05) is 31.6 Å². The molecule has 5 rings (SSSR count). The molecule has 28 heavy (non-hydrogen) atoms. The maximum Gasteiger partial charge on any atom is 0.140 e. The van der Waals surface area contributed by atoms with Gasteiger partial charge in [-0.2, -0.15) is 0 Å². The second-order valence-corrected chi connectivity index (χ2v) is 7.86. The van der Waals surface area contributed by atoms with E-state index in [4.69, 9.17) is 14.7 Å². The summed E-state index contributed by atoms with van der Waals surface area (Å²) in [5, 5.41) is 4.74. The minimum atomic E-state index is 0.539. The largest absolute Gasteiger partial charge is 0.379 e. The number of pyridine rings is 2. The van der Waals surface area contributed by atoms with Gasteiger partial charge in [0.1, 0.15) is 11.5 Å². The van der Waals surface area contributed by atoms with Crippen LogP contribution in [0.15, 0.2) is 36.7 Å². The van der Waals surface area contributed by atoms with Gasteiger partial charge < -0.3 is 15.0 Å². The highest BCUT2D eigenvalue weighted by molar-refractivity contribution is 5.93. The third-order valence-electron chi connectivity index (χ3n) is 5.85. The molecule has 0 unspecified atom stereocenters. The molecular weight excluding hydrogens is 350 g/mol. The van der Waals surface area contributed by atoms with Crippen molar-refractivity contribution in [1.29, 1.82) is 0 Å². The van der Waals surface area contributed by atoms with Gasteiger partial charge in [0.15, 0.2) is 0 Å². The molecule has 0 atom stereocenters. The Morgan fingerprint density at radius 3 is 2.79 bits per heavy atom. The van der Waals surface area contributed by atoms with E-state index in [2.05, 4.69) is 39.5 Å². The summed E-state index contributed by atoms with van der Waals surface area (Å²) in [6.07, 6.45) is 9.03. The molecule has 1 aliphatic carbocycles. The van der Waals surface area contributed by atoms with Gasteiger partial charge in [0, 0.05) is 49.0 Å². The van der Waals surface area contributed by atoms with E-state index in [-0.39, 0.29) is 0 Å². The fourth-order valence-corrected chi connectivity index (χ4v) is 4.30. The highest BCUT2D eigenvalue weighted by atomic mass is 16.5. The first-order valence-electron chi connectivity index (χ1n) is 10.4. The van der Waals surface area contributed by atoms with Crippen LogP contribution < -0.4 is 5.32 Å². The van der Waals surface area contributed by atoms with Crippen molar-refractivity contribution in [1.82, 2.24) is 19.9 Å². The maximum absolute atomic E-state index is 5.43. The van der Waals surface area contributed by atoms with Gasteiger partial charge in [-0.05, 0) is 36.6 Å². The van der Waals surface area contributed by atoms with Gasteiger partial charge in [0.2, 0.25) is 0 Å².